The van der Waals surface area contributed by atoms with Gasteiger partial charge in [0.15, 0.2) is 20.2 Å². The fourth-order valence-electron chi connectivity index (χ4n) is 3.95. The number of carbonyl (C=O) groups is 2. The SMILES string of the molecule is Cc1cc(C)c(C(=O)CSc2nnc(SCC(=O)c3c(C)cc(C)cc3C)s2)c(C)c1. The number of benzene rings is 2. The number of rotatable bonds is 8. The number of carbonyl (C=O) groups excluding carboxylic acids is 2. The Morgan fingerprint density at radius 2 is 1.00 bits per heavy atom. The van der Waals surface area contributed by atoms with Crippen LogP contribution in [0.4, 0.5) is 0 Å². The molecule has 0 saturated heterocycles. The molecule has 0 amide bonds. The van der Waals surface area contributed by atoms with Gasteiger partial charge in [-0.15, -0.1) is 10.2 Å². The smallest absolute Gasteiger partial charge is 0.175 e. The van der Waals surface area contributed by atoms with Gasteiger partial charge in [-0.2, -0.15) is 0 Å². The Morgan fingerprint density at radius 3 is 1.32 bits per heavy atom. The van der Waals surface area contributed by atoms with E-state index in [0.29, 0.717) is 11.5 Å². The maximum Gasteiger partial charge on any atom is 0.175 e. The molecule has 0 bridgehead atoms. The first-order chi connectivity index (χ1) is 14.7. The molecule has 0 spiro atoms. The number of hydrogen-bond acceptors (Lipinski definition) is 7. The maximum absolute atomic E-state index is 12.7. The second-order valence-electron chi connectivity index (χ2n) is 7.81. The van der Waals surface area contributed by atoms with E-state index in [-0.39, 0.29) is 11.6 Å². The van der Waals surface area contributed by atoms with Crippen molar-refractivity contribution in [2.45, 2.75) is 50.2 Å². The van der Waals surface area contributed by atoms with Crippen molar-refractivity contribution in [2.24, 2.45) is 0 Å². The molecule has 3 rings (SSSR count). The molecule has 0 aliphatic heterocycles. The molecule has 7 heteroatoms. The third-order valence-corrected chi connectivity index (χ3v) is 8.14. The maximum atomic E-state index is 12.7. The molecule has 0 radical (unpaired) electrons. The van der Waals surface area contributed by atoms with Gasteiger partial charge < -0.3 is 0 Å². The third kappa shape index (κ3) is 5.84. The highest BCUT2D eigenvalue weighted by molar-refractivity contribution is 8.03. The van der Waals surface area contributed by atoms with Crippen molar-refractivity contribution >= 4 is 46.4 Å². The molecular formula is C24H26N2O2S3. The molecule has 31 heavy (non-hydrogen) atoms. The van der Waals surface area contributed by atoms with Crippen LogP contribution in [0.2, 0.25) is 0 Å². The van der Waals surface area contributed by atoms with Gasteiger partial charge in [0.25, 0.3) is 0 Å². The Labute approximate surface area is 196 Å². The van der Waals surface area contributed by atoms with E-state index in [1.807, 2.05) is 65.8 Å². The molecule has 0 unspecified atom stereocenters. The summed E-state index contributed by atoms with van der Waals surface area (Å²) >= 11 is 4.23. The van der Waals surface area contributed by atoms with E-state index >= 15 is 0 Å². The van der Waals surface area contributed by atoms with Crippen LogP contribution in [-0.2, 0) is 0 Å². The van der Waals surface area contributed by atoms with E-state index in [0.717, 1.165) is 53.2 Å². The minimum atomic E-state index is 0.102. The van der Waals surface area contributed by atoms with Crippen molar-refractivity contribution in [3.63, 3.8) is 0 Å². The lowest BCUT2D eigenvalue weighted by Crippen LogP contribution is -2.07. The minimum Gasteiger partial charge on any atom is -0.293 e. The monoisotopic (exact) mass is 470 g/mol. The van der Waals surface area contributed by atoms with Crippen LogP contribution in [0, 0.1) is 41.5 Å². The average Bonchev–Trinajstić information content (AvgIpc) is 3.11. The summed E-state index contributed by atoms with van der Waals surface area (Å²) in [5.74, 6) is 0.852. The molecule has 0 atom stereocenters. The highest BCUT2D eigenvalue weighted by Crippen LogP contribution is 2.31. The quantitative estimate of drug-likeness (QED) is 0.283. The van der Waals surface area contributed by atoms with E-state index in [2.05, 4.69) is 10.2 Å². The second-order valence-corrected chi connectivity index (χ2v) is 11.2. The molecular weight excluding hydrogens is 444 g/mol. The van der Waals surface area contributed by atoms with Crippen LogP contribution in [0.3, 0.4) is 0 Å². The molecule has 2 aromatic carbocycles. The van der Waals surface area contributed by atoms with Gasteiger partial charge in [0.2, 0.25) is 0 Å². The first-order valence-electron chi connectivity index (χ1n) is 9.97. The molecule has 0 saturated carbocycles. The summed E-state index contributed by atoms with van der Waals surface area (Å²) in [4.78, 5) is 25.4. The Bertz CT molecular complexity index is 1020. The molecule has 3 aromatic rings. The average molecular weight is 471 g/mol. The van der Waals surface area contributed by atoms with Crippen LogP contribution in [0.5, 0.6) is 0 Å². The fourth-order valence-corrected chi connectivity index (χ4v) is 6.72. The van der Waals surface area contributed by atoms with E-state index in [1.54, 1.807) is 0 Å². The lowest BCUT2D eigenvalue weighted by Gasteiger charge is -2.09. The third-order valence-electron chi connectivity index (χ3n) is 4.95. The Kier molecular flexibility index (Phi) is 7.73. The number of thioether (sulfide) groups is 2. The largest absolute Gasteiger partial charge is 0.293 e. The van der Waals surface area contributed by atoms with Crippen molar-refractivity contribution in [2.75, 3.05) is 11.5 Å². The van der Waals surface area contributed by atoms with Crippen molar-refractivity contribution < 1.29 is 9.59 Å². The number of nitrogens with zero attached hydrogens (tertiary/aromatic N) is 2. The molecule has 1 aromatic heterocycles. The predicted molar refractivity (Wildman–Crippen MR) is 131 cm³/mol. The number of ketones is 2. The van der Waals surface area contributed by atoms with Gasteiger partial charge in [0, 0.05) is 11.1 Å². The Morgan fingerprint density at radius 1 is 0.677 bits per heavy atom. The summed E-state index contributed by atoms with van der Waals surface area (Å²) in [6.07, 6.45) is 0. The van der Waals surface area contributed by atoms with Crippen LogP contribution in [0.15, 0.2) is 32.9 Å². The minimum absolute atomic E-state index is 0.102. The summed E-state index contributed by atoms with van der Waals surface area (Å²) in [5, 5.41) is 8.37. The van der Waals surface area contributed by atoms with Crippen molar-refractivity contribution in [1.82, 2.24) is 10.2 Å². The number of aromatic nitrogens is 2. The van der Waals surface area contributed by atoms with Gasteiger partial charge in [-0.1, -0.05) is 70.3 Å². The summed E-state index contributed by atoms with van der Waals surface area (Å²) in [7, 11) is 0. The van der Waals surface area contributed by atoms with Crippen LogP contribution in [0.1, 0.15) is 54.1 Å². The summed E-state index contributed by atoms with van der Waals surface area (Å²) in [6, 6.07) is 8.16. The normalized spacial score (nSPS) is 11.0. The standard InChI is InChI=1S/C24H26N2O2S3/c1-13-7-15(3)21(16(4)8-13)19(27)11-29-23-25-26-24(31-23)30-12-20(28)22-17(5)9-14(2)10-18(22)6/h7-10H,11-12H2,1-6H3. The van der Waals surface area contributed by atoms with Gasteiger partial charge in [0.1, 0.15) is 0 Å². The molecule has 0 aliphatic carbocycles. The number of Topliss-reactive ketones (excluding diaryl/α,β-unsaturated/α-hetero) is 2. The van der Waals surface area contributed by atoms with Crippen LogP contribution >= 0.6 is 34.9 Å². The topological polar surface area (TPSA) is 59.9 Å². The highest BCUT2D eigenvalue weighted by Gasteiger charge is 2.17. The van der Waals surface area contributed by atoms with E-state index in [4.69, 9.17) is 0 Å². The molecule has 1 heterocycles. The summed E-state index contributed by atoms with van der Waals surface area (Å²) < 4.78 is 1.49. The lowest BCUT2D eigenvalue weighted by molar-refractivity contribution is 0.101. The van der Waals surface area contributed by atoms with Crippen molar-refractivity contribution in [3.8, 4) is 0 Å². The molecule has 0 aliphatic rings. The van der Waals surface area contributed by atoms with Gasteiger partial charge >= 0.3 is 0 Å². The van der Waals surface area contributed by atoms with Gasteiger partial charge in [-0.25, -0.2) is 0 Å². The first kappa shape index (κ1) is 23.7. The molecule has 162 valence electrons. The summed E-state index contributed by atoms with van der Waals surface area (Å²) in [6.45, 7) is 12.0. The van der Waals surface area contributed by atoms with Gasteiger partial charge in [-0.05, 0) is 63.8 Å². The van der Waals surface area contributed by atoms with Crippen LogP contribution in [0.25, 0.3) is 0 Å². The predicted octanol–water partition coefficient (Wildman–Crippen LogP) is 6.34. The van der Waals surface area contributed by atoms with E-state index in [1.165, 1.54) is 34.9 Å². The highest BCUT2D eigenvalue weighted by atomic mass is 32.2. The van der Waals surface area contributed by atoms with Crippen LogP contribution < -0.4 is 0 Å². The zero-order valence-corrected chi connectivity index (χ0v) is 21.1. The summed E-state index contributed by atoms with van der Waals surface area (Å²) in [5.41, 5.74) is 7.96. The van der Waals surface area contributed by atoms with Crippen LogP contribution in [-0.4, -0.2) is 33.3 Å². The molecule has 0 fully saturated rings. The van der Waals surface area contributed by atoms with Gasteiger partial charge in [-0.3, -0.25) is 9.59 Å². The van der Waals surface area contributed by atoms with E-state index < -0.39 is 0 Å². The lowest BCUT2D eigenvalue weighted by atomic mass is 9.97. The zero-order valence-electron chi connectivity index (χ0n) is 18.7. The second kappa shape index (κ2) is 10.1. The first-order valence-corrected chi connectivity index (χ1v) is 12.8. The Balaban J connectivity index is 1.59. The molecule has 0 N–H and O–H groups in total. The zero-order chi connectivity index (χ0) is 22.7. The van der Waals surface area contributed by atoms with E-state index in [9.17, 15) is 9.59 Å². The van der Waals surface area contributed by atoms with Gasteiger partial charge in [0.05, 0.1) is 11.5 Å². The molecule has 4 nitrogen and oxygen atoms in total. The van der Waals surface area contributed by atoms with Crippen molar-refractivity contribution in [3.05, 3.63) is 68.8 Å². The van der Waals surface area contributed by atoms with Crippen molar-refractivity contribution in [1.29, 1.82) is 0 Å². The number of aryl methyl sites for hydroxylation is 6. The Hall–Kier alpha value is -1.96. The number of hydrogen-bond donors (Lipinski definition) is 0. The fraction of sp³-hybridized carbons (Fsp3) is 0.333.